The molecule has 0 spiro atoms. The number of nitrogens with zero attached hydrogens (tertiary/aromatic N) is 4. The van der Waals surface area contributed by atoms with E-state index in [9.17, 15) is 0 Å². The number of likely N-dealkylation sites (tertiary alicyclic amines) is 1. The number of hydrogen-bond donors (Lipinski definition) is 1. The van der Waals surface area contributed by atoms with E-state index in [-0.39, 0.29) is 0 Å². The summed E-state index contributed by atoms with van der Waals surface area (Å²) >= 11 is 0. The molecule has 2 heterocycles. The molecule has 0 radical (unpaired) electrons. The fraction of sp³-hybridized carbons (Fsp3) is 0.692. The lowest BCUT2D eigenvalue weighted by Gasteiger charge is -2.32. The second kappa shape index (κ2) is 6.11. The molecule has 5 nitrogen and oxygen atoms in total. The molecular formula is C13H23N5. The molecule has 0 amide bonds. The van der Waals surface area contributed by atoms with Crippen LogP contribution in [0.25, 0.3) is 0 Å². The van der Waals surface area contributed by atoms with Crippen molar-refractivity contribution < 1.29 is 0 Å². The minimum absolute atomic E-state index is 0.399. The first-order valence-electron chi connectivity index (χ1n) is 6.60. The molecular weight excluding hydrogens is 226 g/mol. The van der Waals surface area contributed by atoms with Gasteiger partial charge in [0.15, 0.2) is 0 Å². The van der Waals surface area contributed by atoms with Crippen molar-refractivity contribution in [3.8, 4) is 0 Å². The van der Waals surface area contributed by atoms with E-state index in [2.05, 4.69) is 33.9 Å². The van der Waals surface area contributed by atoms with Crippen molar-refractivity contribution >= 4 is 5.82 Å². The van der Waals surface area contributed by atoms with Crippen molar-refractivity contribution in [2.45, 2.75) is 19.4 Å². The molecule has 100 valence electrons. The highest BCUT2D eigenvalue weighted by Gasteiger charge is 2.18. The lowest BCUT2D eigenvalue weighted by atomic mass is 9.97. The first-order valence-corrected chi connectivity index (χ1v) is 6.60. The molecule has 0 bridgehead atoms. The third-order valence-electron chi connectivity index (χ3n) is 3.63. The van der Waals surface area contributed by atoms with Gasteiger partial charge in [-0.25, -0.2) is 9.97 Å². The Labute approximate surface area is 109 Å². The monoisotopic (exact) mass is 249 g/mol. The van der Waals surface area contributed by atoms with Gasteiger partial charge >= 0.3 is 0 Å². The molecule has 0 aromatic carbocycles. The third kappa shape index (κ3) is 3.40. The van der Waals surface area contributed by atoms with E-state index in [1.165, 1.54) is 25.9 Å². The van der Waals surface area contributed by atoms with Crippen LogP contribution < -0.4 is 10.6 Å². The van der Waals surface area contributed by atoms with Gasteiger partial charge in [-0.2, -0.15) is 0 Å². The van der Waals surface area contributed by atoms with Crippen molar-refractivity contribution in [2.24, 2.45) is 11.7 Å². The van der Waals surface area contributed by atoms with Gasteiger partial charge in [-0.3, -0.25) is 0 Å². The van der Waals surface area contributed by atoms with Crippen LogP contribution in [-0.4, -0.2) is 48.6 Å². The maximum absolute atomic E-state index is 5.57. The first kappa shape index (κ1) is 13.2. The fourth-order valence-electron chi connectivity index (χ4n) is 2.42. The first-order chi connectivity index (χ1) is 8.69. The van der Waals surface area contributed by atoms with E-state index in [4.69, 9.17) is 5.73 Å². The molecule has 1 fully saturated rings. The number of hydrogen-bond acceptors (Lipinski definition) is 5. The number of nitrogens with two attached hydrogens (primary N) is 1. The Morgan fingerprint density at radius 3 is 2.83 bits per heavy atom. The van der Waals surface area contributed by atoms with Crippen molar-refractivity contribution in [1.29, 1.82) is 0 Å². The predicted octanol–water partition coefficient (Wildman–Crippen LogP) is 0.713. The summed E-state index contributed by atoms with van der Waals surface area (Å²) in [6.07, 6.45) is 4.33. The van der Waals surface area contributed by atoms with Gasteiger partial charge in [0.1, 0.15) is 11.6 Å². The van der Waals surface area contributed by atoms with Crippen LogP contribution in [0.1, 0.15) is 18.7 Å². The number of rotatable bonds is 4. The lowest BCUT2D eigenvalue weighted by molar-refractivity contribution is 0.222. The van der Waals surface area contributed by atoms with E-state index in [1.54, 1.807) is 6.20 Å². The Morgan fingerprint density at radius 1 is 1.44 bits per heavy atom. The average Bonchev–Trinajstić information content (AvgIpc) is 2.41. The van der Waals surface area contributed by atoms with Crippen LogP contribution in [0.15, 0.2) is 12.3 Å². The number of anilines is 1. The molecule has 2 rings (SSSR count). The SMILES string of the molecule is CN1CCC(CN(C)c2ccnc(CN)n2)CC1. The van der Waals surface area contributed by atoms with Gasteiger partial charge in [-0.15, -0.1) is 0 Å². The largest absolute Gasteiger partial charge is 0.359 e. The van der Waals surface area contributed by atoms with Crippen molar-refractivity contribution in [3.05, 3.63) is 18.1 Å². The summed E-state index contributed by atoms with van der Waals surface area (Å²) in [5, 5.41) is 0. The van der Waals surface area contributed by atoms with Crippen molar-refractivity contribution in [1.82, 2.24) is 14.9 Å². The molecule has 0 aliphatic carbocycles. The second-order valence-electron chi connectivity index (χ2n) is 5.16. The minimum Gasteiger partial charge on any atom is -0.359 e. The third-order valence-corrected chi connectivity index (χ3v) is 3.63. The van der Waals surface area contributed by atoms with Gasteiger partial charge in [0.25, 0.3) is 0 Å². The standard InChI is InChI=1S/C13H23N5/c1-17-7-4-11(5-8-17)10-18(2)13-3-6-15-12(9-14)16-13/h3,6,11H,4-5,7-10,14H2,1-2H3. The Morgan fingerprint density at radius 2 is 2.17 bits per heavy atom. The molecule has 2 N–H and O–H groups in total. The maximum atomic E-state index is 5.57. The zero-order valence-corrected chi connectivity index (χ0v) is 11.3. The molecule has 18 heavy (non-hydrogen) atoms. The summed E-state index contributed by atoms with van der Waals surface area (Å²) < 4.78 is 0. The van der Waals surface area contributed by atoms with Crippen LogP contribution in [0, 0.1) is 5.92 Å². The van der Waals surface area contributed by atoms with E-state index >= 15 is 0 Å². The summed E-state index contributed by atoms with van der Waals surface area (Å²) in [6.45, 7) is 3.87. The Balaban J connectivity index is 1.92. The van der Waals surface area contributed by atoms with E-state index in [0.717, 1.165) is 18.3 Å². The van der Waals surface area contributed by atoms with Crippen molar-refractivity contribution in [2.75, 3.05) is 38.6 Å². The van der Waals surface area contributed by atoms with Crippen LogP contribution in [0.5, 0.6) is 0 Å². The predicted molar refractivity (Wildman–Crippen MR) is 73.4 cm³/mol. The molecule has 1 saturated heterocycles. The normalized spacial score (nSPS) is 17.9. The van der Waals surface area contributed by atoms with Gasteiger partial charge in [-0.05, 0) is 45.0 Å². The second-order valence-corrected chi connectivity index (χ2v) is 5.16. The fourth-order valence-corrected chi connectivity index (χ4v) is 2.42. The lowest BCUT2D eigenvalue weighted by Crippen LogP contribution is -2.36. The zero-order valence-electron chi connectivity index (χ0n) is 11.3. The van der Waals surface area contributed by atoms with Gasteiger partial charge in [0.05, 0.1) is 6.54 Å². The van der Waals surface area contributed by atoms with Gasteiger partial charge in [0.2, 0.25) is 0 Å². The van der Waals surface area contributed by atoms with Gasteiger partial charge in [-0.1, -0.05) is 0 Å². The van der Waals surface area contributed by atoms with Crippen molar-refractivity contribution in [3.63, 3.8) is 0 Å². The van der Waals surface area contributed by atoms with Crippen LogP contribution >= 0.6 is 0 Å². The molecule has 0 atom stereocenters. The Hall–Kier alpha value is -1.20. The van der Waals surface area contributed by atoms with Crippen LogP contribution in [0.3, 0.4) is 0 Å². The quantitative estimate of drug-likeness (QED) is 0.852. The van der Waals surface area contributed by atoms with Crippen LogP contribution in [0.4, 0.5) is 5.82 Å². The van der Waals surface area contributed by atoms with Gasteiger partial charge in [0, 0.05) is 19.8 Å². The molecule has 0 saturated carbocycles. The summed E-state index contributed by atoms with van der Waals surface area (Å²) in [7, 11) is 4.29. The highest BCUT2D eigenvalue weighted by molar-refractivity contribution is 5.36. The average molecular weight is 249 g/mol. The number of aromatic nitrogens is 2. The summed E-state index contributed by atoms with van der Waals surface area (Å²) in [5.74, 6) is 2.45. The van der Waals surface area contributed by atoms with Crippen LogP contribution in [0.2, 0.25) is 0 Å². The summed E-state index contributed by atoms with van der Waals surface area (Å²) in [6, 6.07) is 1.95. The Kier molecular flexibility index (Phi) is 4.49. The summed E-state index contributed by atoms with van der Waals surface area (Å²) in [5.41, 5.74) is 5.57. The highest BCUT2D eigenvalue weighted by atomic mass is 15.2. The topological polar surface area (TPSA) is 58.3 Å². The molecule has 0 unspecified atom stereocenters. The zero-order chi connectivity index (χ0) is 13.0. The smallest absolute Gasteiger partial charge is 0.144 e. The molecule has 1 aliphatic rings. The minimum atomic E-state index is 0.399. The molecule has 1 aliphatic heterocycles. The summed E-state index contributed by atoms with van der Waals surface area (Å²) in [4.78, 5) is 13.2. The number of piperidine rings is 1. The maximum Gasteiger partial charge on any atom is 0.144 e. The molecule has 5 heteroatoms. The van der Waals surface area contributed by atoms with Gasteiger partial charge < -0.3 is 15.5 Å². The van der Waals surface area contributed by atoms with E-state index in [1.807, 2.05) is 6.07 Å². The Bertz CT molecular complexity index is 373. The van der Waals surface area contributed by atoms with Crippen LogP contribution in [-0.2, 0) is 6.54 Å². The highest BCUT2D eigenvalue weighted by Crippen LogP contribution is 2.19. The van der Waals surface area contributed by atoms with E-state index < -0.39 is 0 Å². The van der Waals surface area contributed by atoms with E-state index in [0.29, 0.717) is 12.4 Å². The molecule has 1 aromatic rings. The molecule has 1 aromatic heterocycles.